The van der Waals surface area contributed by atoms with Gasteiger partial charge in [-0.25, -0.2) is 4.39 Å². The quantitative estimate of drug-likeness (QED) is 0.444. The van der Waals surface area contributed by atoms with Crippen molar-refractivity contribution in [2.75, 3.05) is 5.32 Å². The van der Waals surface area contributed by atoms with Crippen molar-refractivity contribution in [3.05, 3.63) is 77.6 Å². The monoisotopic (exact) mass is 396 g/mol. The van der Waals surface area contributed by atoms with Gasteiger partial charge in [0.25, 0.3) is 0 Å². The molecule has 0 amide bonds. The molecule has 1 N–H and O–H groups in total. The highest BCUT2D eigenvalue weighted by atomic mass is 35.5. The molecule has 140 valence electrons. The van der Waals surface area contributed by atoms with Gasteiger partial charge in [0.05, 0.1) is 0 Å². The second kappa shape index (κ2) is 8.06. The van der Waals surface area contributed by atoms with Gasteiger partial charge in [-0.05, 0) is 54.6 Å². The average Bonchev–Trinajstić information content (AvgIpc) is 3.19. The molecule has 4 rings (SSSR count). The summed E-state index contributed by atoms with van der Waals surface area (Å²) < 4.78 is 24.3. The van der Waals surface area contributed by atoms with Gasteiger partial charge in [-0.15, -0.1) is 5.10 Å². The molecule has 2 aromatic heterocycles. The summed E-state index contributed by atoms with van der Waals surface area (Å²) in [6.45, 7) is -0.655. The molecule has 0 aliphatic rings. The second-order valence-electron chi connectivity index (χ2n) is 5.79. The average molecular weight is 397 g/mol. The number of halogens is 2. The SMILES string of the molecule is FCc1cc(Nc2nnc(-c3ccc(Oc4ccncc4)cc3)o2)ccc1Cl. The molecule has 0 atom stereocenters. The standard InChI is InChI=1S/C20H14ClFN4O2/c21-18-6-3-15(11-14(18)12-22)24-20-26-25-19(28-20)13-1-4-16(5-2-13)27-17-7-9-23-10-8-17/h1-11H,12H2,(H,24,26). The molecule has 0 radical (unpaired) electrons. The lowest BCUT2D eigenvalue weighted by Crippen LogP contribution is -1.92. The van der Waals surface area contributed by atoms with E-state index in [1.54, 1.807) is 54.9 Å². The van der Waals surface area contributed by atoms with Crippen LogP contribution in [0.3, 0.4) is 0 Å². The van der Waals surface area contributed by atoms with Gasteiger partial charge in [-0.1, -0.05) is 16.7 Å². The minimum Gasteiger partial charge on any atom is -0.457 e. The van der Waals surface area contributed by atoms with Gasteiger partial charge in [0, 0.05) is 34.2 Å². The van der Waals surface area contributed by atoms with E-state index < -0.39 is 6.67 Å². The molecule has 2 heterocycles. The fourth-order valence-electron chi connectivity index (χ4n) is 2.48. The van der Waals surface area contributed by atoms with Crippen LogP contribution in [0.5, 0.6) is 11.5 Å². The first-order chi connectivity index (χ1) is 13.7. The first-order valence-electron chi connectivity index (χ1n) is 8.34. The van der Waals surface area contributed by atoms with Crippen molar-refractivity contribution in [1.82, 2.24) is 15.2 Å². The zero-order valence-corrected chi connectivity index (χ0v) is 15.2. The van der Waals surface area contributed by atoms with Crippen LogP contribution in [0, 0.1) is 0 Å². The van der Waals surface area contributed by atoms with Crippen molar-refractivity contribution in [1.29, 1.82) is 0 Å². The number of anilines is 2. The van der Waals surface area contributed by atoms with E-state index in [1.807, 2.05) is 12.1 Å². The molecule has 8 heteroatoms. The van der Waals surface area contributed by atoms with Crippen molar-refractivity contribution in [3.63, 3.8) is 0 Å². The lowest BCUT2D eigenvalue weighted by atomic mass is 10.2. The maximum atomic E-state index is 12.9. The van der Waals surface area contributed by atoms with Gasteiger partial charge >= 0.3 is 6.01 Å². The molecule has 28 heavy (non-hydrogen) atoms. The normalized spacial score (nSPS) is 10.6. The first kappa shape index (κ1) is 17.9. The summed E-state index contributed by atoms with van der Waals surface area (Å²) in [7, 11) is 0. The van der Waals surface area contributed by atoms with E-state index in [-0.39, 0.29) is 6.01 Å². The molecule has 0 unspecified atom stereocenters. The lowest BCUT2D eigenvalue weighted by molar-refractivity contribution is 0.482. The lowest BCUT2D eigenvalue weighted by Gasteiger charge is -2.05. The Hall–Kier alpha value is -3.45. The summed E-state index contributed by atoms with van der Waals surface area (Å²) in [6.07, 6.45) is 3.32. The molecule has 0 fully saturated rings. The van der Waals surface area contributed by atoms with Gasteiger partial charge in [-0.2, -0.15) is 0 Å². The Kier molecular flexibility index (Phi) is 5.16. The van der Waals surface area contributed by atoms with E-state index in [4.69, 9.17) is 20.8 Å². The summed E-state index contributed by atoms with van der Waals surface area (Å²) in [6, 6.07) is 15.9. The van der Waals surface area contributed by atoms with Crippen LogP contribution < -0.4 is 10.1 Å². The highest BCUT2D eigenvalue weighted by molar-refractivity contribution is 6.31. The maximum Gasteiger partial charge on any atom is 0.320 e. The highest BCUT2D eigenvalue weighted by Gasteiger charge is 2.10. The Morgan fingerprint density at radius 1 is 0.964 bits per heavy atom. The largest absolute Gasteiger partial charge is 0.457 e. The van der Waals surface area contributed by atoms with Crippen molar-refractivity contribution < 1.29 is 13.5 Å². The summed E-state index contributed by atoms with van der Waals surface area (Å²) >= 11 is 5.91. The summed E-state index contributed by atoms with van der Waals surface area (Å²) in [5.41, 5.74) is 1.73. The number of aromatic nitrogens is 3. The van der Waals surface area contributed by atoms with Gasteiger partial charge in [-0.3, -0.25) is 4.98 Å². The van der Waals surface area contributed by atoms with E-state index in [9.17, 15) is 4.39 Å². The Labute approximate surface area is 165 Å². The predicted molar refractivity (Wildman–Crippen MR) is 104 cm³/mol. The van der Waals surface area contributed by atoms with Crippen LogP contribution in [0.1, 0.15) is 5.56 Å². The zero-order valence-electron chi connectivity index (χ0n) is 14.5. The number of alkyl halides is 1. The third-order valence-corrected chi connectivity index (χ3v) is 4.22. The van der Waals surface area contributed by atoms with E-state index in [2.05, 4.69) is 20.5 Å². The molecule has 0 aliphatic heterocycles. The van der Waals surface area contributed by atoms with Crippen LogP contribution in [0.2, 0.25) is 5.02 Å². The fourth-order valence-corrected chi connectivity index (χ4v) is 2.64. The van der Waals surface area contributed by atoms with Crippen molar-refractivity contribution >= 4 is 23.3 Å². The van der Waals surface area contributed by atoms with E-state index >= 15 is 0 Å². The number of ether oxygens (including phenoxy) is 1. The number of hydrogen-bond donors (Lipinski definition) is 1. The summed E-state index contributed by atoms with van der Waals surface area (Å²) in [5.74, 6) is 1.72. The van der Waals surface area contributed by atoms with Crippen LogP contribution in [-0.4, -0.2) is 15.2 Å². The van der Waals surface area contributed by atoms with Crippen LogP contribution in [0.15, 0.2) is 71.4 Å². The molecule has 2 aromatic carbocycles. The smallest absolute Gasteiger partial charge is 0.320 e. The number of hydrogen-bond acceptors (Lipinski definition) is 6. The molecule has 6 nitrogen and oxygen atoms in total. The molecule has 0 aliphatic carbocycles. The van der Waals surface area contributed by atoms with Gasteiger partial charge in [0.2, 0.25) is 5.89 Å². The van der Waals surface area contributed by atoms with Gasteiger partial charge in [0.1, 0.15) is 18.2 Å². The minimum atomic E-state index is -0.655. The molecule has 0 saturated heterocycles. The Bertz CT molecular complexity index is 1070. The highest BCUT2D eigenvalue weighted by Crippen LogP contribution is 2.27. The third kappa shape index (κ3) is 4.10. The van der Waals surface area contributed by atoms with Crippen molar-refractivity contribution in [2.45, 2.75) is 6.67 Å². The number of rotatable bonds is 6. The Balaban J connectivity index is 1.46. The summed E-state index contributed by atoms with van der Waals surface area (Å²) in [4.78, 5) is 3.95. The molecule has 0 bridgehead atoms. The van der Waals surface area contributed by atoms with Crippen LogP contribution >= 0.6 is 11.6 Å². The second-order valence-corrected chi connectivity index (χ2v) is 6.19. The molecule has 4 aromatic rings. The summed E-state index contributed by atoms with van der Waals surface area (Å²) in [5, 5.41) is 11.3. The van der Waals surface area contributed by atoms with Crippen molar-refractivity contribution in [2.24, 2.45) is 0 Å². The third-order valence-electron chi connectivity index (χ3n) is 3.85. The molecular formula is C20H14ClFN4O2. The molecule has 0 saturated carbocycles. The van der Waals surface area contributed by atoms with E-state index in [1.165, 1.54) is 0 Å². The predicted octanol–water partition coefficient (Wildman–Crippen LogP) is 5.79. The molecule has 0 spiro atoms. The zero-order chi connectivity index (χ0) is 19.3. The number of benzene rings is 2. The van der Waals surface area contributed by atoms with Crippen LogP contribution in [0.4, 0.5) is 16.1 Å². The number of nitrogens with one attached hydrogen (secondary N) is 1. The maximum absolute atomic E-state index is 12.9. The Morgan fingerprint density at radius 3 is 2.46 bits per heavy atom. The topological polar surface area (TPSA) is 73.1 Å². The van der Waals surface area contributed by atoms with Crippen LogP contribution in [-0.2, 0) is 6.67 Å². The van der Waals surface area contributed by atoms with Gasteiger partial charge in [0.15, 0.2) is 0 Å². The van der Waals surface area contributed by atoms with E-state index in [0.717, 1.165) is 5.56 Å². The van der Waals surface area contributed by atoms with Gasteiger partial charge < -0.3 is 14.5 Å². The first-order valence-corrected chi connectivity index (χ1v) is 8.72. The van der Waals surface area contributed by atoms with E-state index in [0.29, 0.717) is 33.7 Å². The van der Waals surface area contributed by atoms with Crippen LogP contribution in [0.25, 0.3) is 11.5 Å². The number of nitrogens with zero attached hydrogens (tertiary/aromatic N) is 3. The molecular weight excluding hydrogens is 383 g/mol. The fraction of sp³-hybridized carbons (Fsp3) is 0.0500. The minimum absolute atomic E-state index is 0.194. The Morgan fingerprint density at radius 2 is 1.71 bits per heavy atom. The van der Waals surface area contributed by atoms with Crippen molar-refractivity contribution in [3.8, 4) is 23.0 Å². The number of pyridine rings is 1.